The second kappa shape index (κ2) is 36.4. The predicted molar refractivity (Wildman–Crippen MR) is 607 cm³/mol. The quantitative estimate of drug-likeness (QED) is 0.119. The van der Waals surface area contributed by atoms with Crippen molar-refractivity contribution in [1.29, 1.82) is 0 Å². The Kier molecular flexibility index (Phi) is 21.7. The van der Waals surface area contributed by atoms with Gasteiger partial charge in [0.15, 0.2) is 17.5 Å². The largest absolute Gasteiger partial charge is 0.455 e. The average molecular weight is 1910 g/mol. The van der Waals surface area contributed by atoms with Crippen LogP contribution in [0.5, 0.6) is 0 Å². The van der Waals surface area contributed by atoms with Crippen molar-refractivity contribution in [3.05, 3.63) is 470 Å². The van der Waals surface area contributed by atoms with Gasteiger partial charge in [-0.25, -0.2) is 29.9 Å². The Morgan fingerprint density at radius 1 is 0.170 bits per heavy atom. The number of aromatic nitrogens is 6. The monoisotopic (exact) mass is 1910 g/mol. The van der Waals surface area contributed by atoms with Crippen LogP contribution >= 0.6 is 11.3 Å². The fourth-order valence-electron chi connectivity index (χ4n) is 25.8. The van der Waals surface area contributed by atoms with E-state index < -0.39 is 0 Å². The first kappa shape index (κ1) is 87.8. The summed E-state index contributed by atoms with van der Waals surface area (Å²) in [5.41, 5.74) is 43.5. The number of furan rings is 2. The SMILES string of the molecule is c1ccc(-c2cc(-c3ccc4oc5c(-c6ccc7c(c6)C6(CCCCC6)c6ccccc6-7)cccc5c4c3)nc(-c3ccccc3)n2)cc1.c1ccc(-c2cc(-c3ccccc3)nc(-c3cccc4c3oc3c(-c5ccc6c(c5)C5(CCCCC5)c5ccccc5-6)cccc34)n2)cc1.c1ccc(-c2cc(-c3ccccc3)nc(-c3cccc4c3sc3c(-c5ccc6c(c5)C5(CCCCC5)c5ccccc5-6)cccc34)n2)cc1. The Morgan fingerprint density at radius 2 is 0.449 bits per heavy atom. The van der Waals surface area contributed by atoms with E-state index in [1.807, 2.05) is 59.9 Å². The highest BCUT2D eigenvalue weighted by molar-refractivity contribution is 7.26. The van der Waals surface area contributed by atoms with Crippen molar-refractivity contribution in [2.75, 3.05) is 0 Å². The Hall–Kier alpha value is -17.0. The molecule has 18 aromatic carbocycles. The van der Waals surface area contributed by atoms with Crippen LogP contribution in [0.15, 0.2) is 446 Å². The highest BCUT2D eigenvalue weighted by Crippen LogP contribution is 2.61. The van der Waals surface area contributed by atoms with E-state index in [9.17, 15) is 0 Å². The summed E-state index contributed by atoms with van der Waals surface area (Å²) in [6.07, 6.45) is 19.1. The molecule has 6 heterocycles. The molecule has 0 amide bonds. The number of rotatable bonds is 12. The average Bonchev–Trinajstić information content (AvgIpc) is 1.56. The Balaban J connectivity index is 0.000000107. The van der Waals surface area contributed by atoms with E-state index in [0.717, 1.165) is 145 Å². The molecule has 0 N–H and O–H groups in total. The molecule has 3 fully saturated rings. The Labute approximate surface area is 859 Å². The number of thiophene rings is 1. The van der Waals surface area contributed by atoms with Gasteiger partial charge in [0.2, 0.25) is 0 Å². The Bertz CT molecular complexity index is 8730. The van der Waals surface area contributed by atoms with Gasteiger partial charge in [-0.3, -0.25) is 0 Å². The summed E-state index contributed by atoms with van der Waals surface area (Å²) >= 11 is 1.88. The first-order chi connectivity index (χ1) is 72.8. The third-order valence-electron chi connectivity index (χ3n) is 32.7. The molecule has 3 spiro atoms. The summed E-state index contributed by atoms with van der Waals surface area (Å²) in [4.78, 5) is 30.8. The first-order valence-corrected chi connectivity index (χ1v) is 53.2. The third kappa shape index (κ3) is 15.0. The fourth-order valence-corrected chi connectivity index (χ4v) is 27.2. The molecule has 0 aliphatic heterocycles. The van der Waals surface area contributed by atoms with E-state index in [0.29, 0.717) is 11.6 Å². The van der Waals surface area contributed by atoms with Crippen LogP contribution in [0, 0.1) is 0 Å². The van der Waals surface area contributed by atoms with Gasteiger partial charge in [-0.1, -0.05) is 428 Å². The first-order valence-electron chi connectivity index (χ1n) is 52.4. The van der Waals surface area contributed by atoms with Gasteiger partial charge in [-0.05, 0) is 194 Å². The number of para-hydroxylation sites is 3. The topological polar surface area (TPSA) is 104 Å². The van der Waals surface area contributed by atoms with E-state index >= 15 is 0 Å². The zero-order valence-corrected chi connectivity index (χ0v) is 82.4. The smallest absolute Gasteiger partial charge is 0.164 e. The van der Waals surface area contributed by atoms with E-state index in [1.165, 1.54) is 200 Å². The van der Waals surface area contributed by atoms with Crippen molar-refractivity contribution < 1.29 is 8.83 Å². The summed E-state index contributed by atoms with van der Waals surface area (Å²) < 4.78 is 16.2. The predicted octanol–water partition coefficient (Wildman–Crippen LogP) is 37.3. The Morgan fingerprint density at radius 3 is 0.850 bits per heavy atom. The molecule has 30 rings (SSSR count). The molecule has 24 aromatic rings. The number of benzene rings is 18. The third-order valence-corrected chi connectivity index (χ3v) is 34.0. The van der Waals surface area contributed by atoms with Crippen molar-refractivity contribution in [3.63, 3.8) is 0 Å². The van der Waals surface area contributed by atoms with E-state index in [-0.39, 0.29) is 16.2 Å². The lowest BCUT2D eigenvalue weighted by molar-refractivity contribution is 0.353. The summed E-state index contributed by atoms with van der Waals surface area (Å²) in [7, 11) is 0. The molecule has 8 nitrogen and oxygen atoms in total. The van der Waals surface area contributed by atoms with Gasteiger partial charge in [-0.15, -0.1) is 11.3 Å². The molecule has 0 radical (unpaired) electrons. The minimum absolute atomic E-state index is 0.104. The van der Waals surface area contributed by atoms with E-state index in [4.69, 9.17) is 38.7 Å². The van der Waals surface area contributed by atoms with Crippen LogP contribution in [0.3, 0.4) is 0 Å². The molecule has 6 aliphatic rings. The molecule has 0 saturated heterocycles. The lowest BCUT2D eigenvalue weighted by Crippen LogP contribution is -2.28. The van der Waals surface area contributed by atoms with Crippen molar-refractivity contribution in [3.8, 4) is 168 Å². The maximum atomic E-state index is 6.95. The molecule has 702 valence electrons. The van der Waals surface area contributed by atoms with Crippen LogP contribution in [-0.2, 0) is 16.2 Å². The number of hydrogen-bond acceptors (Lipinski definition) is 9. The van der Waals surface area contributed by atoms with Crippen molar-refractivity contribution in [2.45, 2.75) is 113 Å². The summed E-state index contributed by atoms with van der Waals surface area (Å²) in [6.45, 7) is 0. The molecular formula is C138H102N6O2S. The van der Waals surface area contributed by atoms with Gasteiger partial charge in [-0.2, -0.15) is 0 Å². The van der Waals surface area contributed by atoms with Gasteiger partial charge < -0.3 is 8.83 Å². The van der Waals surface area contributed by atoms with Crippen LogP contribution in [0.4, 0.5) is 0 Å². The summed E-state index contributed by atoms with van der Waals surface area (Å²) in [6, 6.07) is 157. The number of hydrogen-bond donors (Lipinski definition) is 0. The molecule has 0 bridgehead atoms. The second-order valence-corrected chi connectivity index (χ2v) is 41.9. The van der Waals surface area contributed by atoms with E-state index in [1.54, 1.807) is 5.56 Å². The zero-order chi connectivity index (χ0) is 97.1. The normalized spacial score (nSPS) is 14.7. The number of nitrogens with zero attached hydrogens (tertiary/aromatic N) is 6. The lowest BCUT2D eigenvalue weighted by Gasteiger charge is -2.36. The lowest BCUT2D eigenvalue weighted by atomic mass is 9.67. The van der Waals surface area contributed by atoms with Gasteiger partial charge in [0, 0.05) is 114 Å². The van der Waals surface area contributed by atoms with Crippen LogP contribution in [0.2, 0.25) is 0 Å². The second-order valence-electron chi connectivity index (χ2n) is 40.9. The molecule has 9 heteroatoms. The summed E-state index contributed by atoms with van der Waals surface area (Å²) in [5, 5.41) is 6.93. The number of fused-ring (bicyclic) bond motifs is 24. The summed E-state index contributed by atoms with van der Waals surface area (Å²) in [5.74, 6) is 2.13. The molecule has 0 unspecified atom stereocenters. The van der Waals surface area contributed by atoms with Crippen molar-refractivity contribution in [2.24, 2.45) is 0 Å². The van der Waals surface area contributed by atoms with E-state index in [2.05, 4.69) is 388 Å². The van der Waals surface area contributed by atoms with Crippen LogP contribution in [0.25, 0.3) is 233 Å². The standard InChI is InChI=1S/2C46H34N2O.C46H34N2S/c1-4-14-30(15-5-1)41-29-42(31-16-6-2-7-17-31)48-45(47-41)38-22-13-21-37-36-20-12-19-33(43(36)49-44(37)38)32-24-25-35-34-18-8-9-23-39(34)46(40(35)28-32)26-10-3-11-27-46;1-4-13-30(14-5-1)41-29-42(48-45(47-41)31-15-6-2-7-16-31)33-22-24-43-38(27-33)37-19-12-18-34(44(37)49-43)32-21-23-36-35-17-8-9-20-39(35)46(40(36)28-32)25-10-3-11-26-46;1-4-14-30(15-5-1)41-29-42(31-16-6-2-7-17-31)48-45(47-41)38-22-13-21-37-36-20-12-19-33(43(36)49-44(37)38)32-24-25-35-34-18-8-9-23-39(34)46(40(35)28-32)26-10-3-11-27-46/h1-2,4-9,12-25,28-29H,3,10-11,26-27H2;1-2,4-9,12-24,27-29H,3,10-11,25-26H2;1-2,4-9,12-25,28-29H,3,10-11,26-27H2. The maximum Gasteiger partial charge on any atom is 0.164 e. The minimum atomic E-state index is 0.104. The van der Waals surface area contributed by atoms with Crippen molar-refractivity contribution >= 4 is 75.4 Å². The maximum absolute atomic E-state index is 6.95. The van der Waals surface area contributed by atoms with Crippen LogP contribution in [-0.4, -0.2) is 29.9 Å². The zero-order valence-electron chi connectivity index (χ0n) is 81.6. The van der Waals surface area contributed by atoms with Gasteiger partial charge in [0.05, 0.1) is 39.7 Å². The highest BCUT2D eigenvalue weighted by atomic mass is 32.1. The molecule has 6 aromatic heterocycles. The molecular weight excluding hydrogens is 1810 g/mol. The molecule has 147 heavy (non-hydrogen) atoms. The van der Waals surface area contributed by atoms with Gasteiger partial charge in [0.25, 0.3) is 0 Å². The molecule has 6 aliphatic carbocycles. The van der Waals surface area contributed by atoms with Gasteiger partial charge in [0.1, 0.15) is 22.3 Å². The molecule has 3 saturated carbocycles. The van der Waals surface area contributed by atoms with Crippen molar-refractivity contribution in [1.82, 2.24) is 29.9 Å². The highest BCUT2D eigenvalue weighted by Gasteiger charge is 2.47. The molecule has 0 atom stereocenters. The minimum Gasteiger partial charge on any atom is -0.455 e. The fraction of sp³-hybridized carbons (Fsp3) is 0.130. The van der Waals surface area contributed by atoms with Gasteiger partial charge >= 0.3 is 0 Å². The van der Waals surface area contributed by atoms with Crippen LogP contribution in [0.1, 0.15) is 130 Å². The van der Waals surface area contributed by atoms with Crippen LogP contribution < -0.4 is 0 Å².